The van der Waals surface area contributed by atoms with E-state index in [1.807, 2.05) is 37.3 Å². The molecule has 2 aromatic rings. The number of pyridine rings is 1. The van der Waals surface area contributed by atoms with E-state index in [0.29, 0.717) is 18.7 Å². The van der Waals surface area contributed by atoms with Gasteiger partial charge in [-0.15, -0.1) is 0 Å². The summed E-state index contributed by atoms with van der Waals surface area (Å²) in [6.07, 6.45) is 2.22. The predicted octanol–water partition coefficient (Wildman–Crippen LogP) is 2.01. The van der Waals surface area contributed by atoms with Crippen molar-refractivity contribution in [1.82, 2.24) is 10.3 Å². The summed E-state index contributed by atoms with van der Waals surface area (Å²) in [4.78, 5) is 16.9. The first-order valence-electron chi connectivity index (χ1n) is 6.98. The van der Waals surface area contributed by atoms with Gasteiger partial charge in [0.1, 0.15) is 0 Å². The molecule has 0 aliphatic heterocycles. The van der Waals surface area contributed by atoms with Gasteiger partial charge < -0.3 is 11.1 Å². The highest BCUT2D eigenvalue weighted by molar-refractivity contribution is 6.06. The molecule has 1 amide bonds. The van der Waals surface area contributed by atoms with E-state index in [1.54, 1.807) is 0 Å². The van der Waals surface area contributed by atoms with Crippen molar-refractivity contribution in [2.24, 2.45) is 11.1 Å². The van der Waals surface area contributed by atoms with Crippen molar-refractivity contribution in [3.05, 3.63) is 41.6 Å². The molecule has 0 saturated heterocycles. The fraction of sp³-hybridized carbons (Fsp3) is 0.375. The summed E-state index contributed by atoms with van der Waals surface area (Å²) in [5.74, 6) is -0.0357. The predicted molar refractivity (Wildman–Crippen MR) is 79.5 cm³/mol. The molecule has 3 rings (SSSR count). The summed E-state index contributed by atoms with van der Waals surface area (Å²) in [7, 11) is 0. The Morgan fingerprint density at radius 1 is 1.40 bits per heavy atom. The Balaban J connectivity index is 1.87. The van der Waals surface area contributed by atoms with Crippen molar-refractivity contribution in [3.63, 3.8) is 0 Å². The molecule has 0 unspecified atom stereocenters. The van der Waals surface area contributed by atoms with Crippen LogP contribution in [-0.4, -0.2) is 24.0 Å². The smallest absolute Gasteiger partial charge is 0.252 e. The van der Waals surface area contributed by atoms with Gasteiger partial charge in [-0.3, -0.25) is 9.78 Å². The minimum absolute atomic E-state index is 0.0357. The second-order valence-electron chi connectivity index (χ2n) is 5.72. The van der Waals surface area contributed by atoms with Crippen molar-refractivity contribution in [2.45, 2.75) is 19.8 Å². The van der Waals surface area contributed by atoms with Gasteiger partial charge in [0.2, 0.25) is 0 Å². The van der Waals surface area contributed by atoms with Gasteiger partial charge >= 0.3 is 0 Å². The van der Waals surface area contributed by atoms with Gasteiger partial charge in [0.05, 0.1) is 11.1 Å². The van der Waals surface area contributed by atoms with E-state index in [2.05, 4.69) is 10.3 Å². The van der Waals surface area contributed by atoms with Crippen LogP contribution in [0.5, 0.6) is 0 Å². The number of rotatable bonds is 4. The lowest BCUT2D eigenvalue weighted by atomic mass is 10.1. The minimum Gasteiger partial charge on any atom is -0.351 e. The Morgan fingerprint density at radius 3 is 2.85 bits per heavy atom. The SMILES string of the molecule is Cc1cc(C(=O)NCC2(CN)CC2)c2ccccc2n1. The Hall–Kier alpha value is -1.94. The van der Waals surface area contributed by atoms with Crippen LogP contribution < -0.4 is 11.1 Å². The normalized spacial score (nSPS) is 16.1. The van der Waals surface area contributed by atoms with E-state index >= 15 is 0 Å². The van der Waals surface area contributed by atoms with Crippen LogP contribution in [0.2, 0.25) is 0 Å². The van der Waals surface area contributed by atoms with Gasteiger partial charge in [-0.2, -0.15) is 0 Å². The summed E-state index contributed by atoms with van der Waals surface area (Å²) in [5, 5.41) is 3.92. The fourth-order valence-electron chi connectivity index (χ4n) is 2.49. The maximum atomic E-state index is 12.4. The monoisotopic (exact) mass is 269 g/mol. The third-order valence-electron chi connectivity index (χ3n) is 4.10. The molecule has 1 aliphatic carbocycles. The second kappa shape index (κ2) is 4.87. The van der Waals surface area contributed by atoms with Crippen LogP contribution in [0, 0.1) is 12.3 Å². The third kappa shape index (κ3) is 2.39. The lowest BCUT2D eigenvalue weighted by molar-refractivity contribution is 0.0947. The molecule has 0 bridgehead atoms. The molecule has 1 aromatic heterocycles. The summed E-state index contributed by atoms with van der Waals surface area (Å²) in [5.41, 5.74) is 8.30. The average molecular weight is 269 g/mol. The first kappa shape index (κ1) is 13.1. The Labute approximate surface area is 118 Å². The molecule has 0 spiro atoms. The van der Waals surface area contributed by atoms with Crippen LogP contribution in [-0.2, 0) is 0 Å². The number of hydrogen-bond donors (Lipinski definition) is 2. The number of hydrogen-bond acceptors (Lipinski definition) is 3. The largest absolute Gasteiger partial charge is 0.351 e. The van der Waals surface area contributed by atoms with E-state index < -0.39 is 0 Å². The zero-order valence-corrected chi connectivity index (χ0v) is 11.6. The van der Waals surface area contributed by atoms with Gasteiger partial charge in [0, 0.05) is 23.0 Å². The summed E-state index contributed by atoms with van der Waals surface area (Å²) >= 11 is 0. The number of carbonyl (C=O) groups excluding carboxylic acids is 1. The van der Waals surface area contributed by atoms with Crippen molar-refractivity contribution < 1.29 is 4.79 Å². The molecular weight excluding hydrogens is 250 g/mol. The number of nitrogens with two attached hydrogens (primary N) is 1. The lowest BCUT2D eigenvalue weighted by Gasteiger charge is -2.14. The number of fused-ring (bicyclic) bond motifs is 1. The number of nitrogens with one attached hydrogen (secondary N) is 1. The van der Waals surface area contributed by atoms with Crippen LogP contribution in [0.15, 0.2) is 30.3 Å². The highest BCUT2D eigenvalue weighted by Crippen LogP contribution is 2.43. The van der Waals surface area contributed by atoms with Crippen LogP contribution >= 0.6 is 0 Å². The topological polar surface area (TPSA) is 68.0 Å². The molecule has 1 aromatic carbocycles. The number of para-hydroxylation sites is 1. The number of benzene rings is 1. The average Bonchev–Trinajstić information content (AvgIpc) is 3.24. The maximum Gasteiger partial charge on any atom is 0.252 e. The fourth-order valence-corrected chi connectivity index (χ4v) is 2.49. The molecule has 4 heteroatoms. The van der Waals surface area contributed by atoms with E-state index in [4.69, 9.17) is 5.73 Å². The number of aryl methyl sites for hydroxylation is 1. The number of amides is 1. The number of carbonyl (C=O) groups is 1. The molecule has 20 heavy (non-hydrogen) atoms. The molecule has 1 fully saturated rings. The van der Waals surface area contributed by atoms with Crippen molar-refractivity contribution in [1.29, 1.82) is 0 Å². The first-order valence-corrected chi connectivity index (χ1v) is 6.98. The molecule has 4 nitrogen and oxygen atoms in total. The Morgan fingerprint density at radius 2 is 2.15 bits per heavy atom. The van der Waals surface area contributed by atoms with Crippen LogP contribution in [0.1, 0.15) is 28.9 Å². The summed E-state index contributed by atoms with van der Waals surface area (Å²) in [6, 6.07) is 9.58. The van der Waals surface area contributed by atoms with E-state index in [0.717, 1.165) is 29.4 Å². The molecule has 1 saturated carbocycles. The Kier molecular flexibility index (Phi) is 3.18. The van der Waals surface area contributed by atoms with E-state index in [1.165, 1.54) is 0 Å². The number of nitrogens with zero attached hydrogens (tertiary/aromatic N) is 1. The van der Waals surface area contributed by atoms with Gasteiger partial charge in [0.15, 0.2) is 0 Å². The first-order chi connectivity index (χ1) is 9.63. The molecule has 1 aliphatic rings. The lowest BCUT2D eigenvalue weighted by Crippen LogP contribution is -2.34. The summed E-state index contributed by atoms with van der Waals surface area (Å²) < 4.78 is 0. The zero-order chi connectivity index (χ0) is 14.2. The van der Waals surface area contributed by atoms with Crippen LogP contribution in [0.25, 0.3) is 10.9 Å². The molecule has 0 radical (unpaired) electrons. The molecular formula is C16H19N3O. The minimum atomic E-state index is -0.0357. The van der Waals surface area contributed by atoms with E-state index in [9.17, 15) is 4.79 Å². The van der Waals surface area contributed by atoms with Crippen LogP contribution in [0.4, 0.5) is 0 Å². The molecule has 1 heterocycles. The Bertz CT molecular complexity index is 662. The summed E-state index contributed by atoms with van der Waals surface area (Å²) in [6.45, 7) is 3.22. The van der Waals surface area contributed by atoms with E-state index in [-0.39, 0.29) is 11.3 Å². The van der Waals surface area contributed by atoms with Crippen molar-refractivity contribution in [3.8, 4) is 0 Å². The zero-order valence-electron chi connectivity index (χ0n) is 11.6. The van der Waals surface area contributed by atoms with Crippen molar-refractivity contribution in [2.75, 3.05) is 13.1 Å². The maximum absolute atomic E-state index is 12.4. The highest BCUT2D eigenvalue weighted by Gasteiger charge is 2.41. The van der Waals surface area contributed by atoms with Gasteiger partial charge in [0.25, 0.3) is 5.91 Å². The molecule has 0 atom stereocenters. The van der Waals surface area contributed by atoms with Gasteiger partial charge in [-0.1, -0.05) is 18.2 Å². The third-order valence-corrected chi connectivity index (χ3v) is 4.10. The van der Waals surface area contributed by atoms with Crippen LogP contribution in [0.3, 0.4) is 0 Å². The standard InChI is InChI=1S/C16H19N3O/c1-11-8-13(12-4-2-3-5-14(12)19-11)15(20)18-10-16(9-17)6-7-16/h2-5,8H,6-7,9-10,17H2,1H3,(H,18,20). The molecule has 104 valence electrons. The molecule has 3 N–H and O–H groups in total. The quantitative estimate of drug-likeness (QED) is 0.892. The second-order valence-corrected chi connectivity index (χ2v) is 5.72. The van der Waals surface area contributed by atoms with Gasteiger partial charge in [-0.05, 0) is 38.4 Å². The van der Waals surface area contributed by atoms with Crippen molar-refractivity contribution >= 4 is 16.8 Å². The van der Waals surface area contributed by atoms with Gasteiger partial charge in [-0.25, -0.2) is 0 Å². The number of aromatic nitrogens is 1. The highest BCUT2D eigenvalue weighted by atomic mass is 16.1.